The maximum absolute atomic E-state index is 12.8. The summed E-state index contributed by atoms with van der Waals surface area (Å²) in [5, 5.41) is 0. The number of rotatable bonds is 12. The number of para-hydroxylation sites is 4. The van der Waals surface area contributed by atoms with Gasteiger partial charge in [0, 0.05) is 6.42 Å². The van der Waals surface area contributed by atoms with Gasteiger partial charge in [0.2, 0.25) is 0 Å². The monoisotopic (exact) mass is 566 g/mol. The molecule has 0 aromatic heterocycles. The van der Waals surface area contributed by atoms with Crippen LogP contribution in [0.3, 0.4) is 0 Å². The lowest BCUT2D eigenvalue weighted by Crippen LogP contribution is -2.15. The van der Waals surface area contributed by atoms with E-state index in [9.17, 15) is 16.8 Å². The van der Waals surface area contributed by atoms with Gasteiger partial charge in [-0.1, -0.05) is 59.7 Å². The van der Waals surface area contributed by atoms with E-state index in [4.69, 9.17) is 9.47 Å². The van der Waals surface area contributed by atoms with Crippen molar-refractivity contribution < 1.29 is 26.3 Å². The number of anilines is 2. The van der Waals surface area contributed by atoms with Gasteiger partial charge in [-0.3, -0.25) is 9.44 Å². The van der Waals surface area contributed by atoms with Crippen molar-refractivity contribution in [1.29, 1.82) is 0 Å². The zero-order valence-corrected chi connectivity index (χ0v) is 23.3. The fourth-order valence-corrected chi connectivity index (χ4v) is 5.76. The minimum absolute atomic E-state index is 0.160. The summed E-state index contributed by atoms with van der Waals surface area (Å²) < 4.78 is 68.0. The number of sulfonamides is 2. The number of hydrogen-bond acceptors (Lipinski definition) is 6. The molecule has 0 saturated carbocycles. The second-order valence-electron chi connectivity index (χ2n) is 8.88. The standard InChI is InChI=1S/C29H30N2O6S2/c1-22-12-16-24(17-13-22)38(32,33)30-26-8-3-5-10-28(26)36-20-7-21-37-29-11-6-4-9-27(29)31-39(34,35)25-18-14-23(2)15-19-25/h3-6,8-19,30-31H,7,20-21H2,1-2H3. The van der Waals surface area contributed by atoms with Crippen LogP contribution in [0.4, 0.5) is 11.4 Å². The Bertz CT molecular complexity index is 1500. The van der Waals surface area contributed by atoms with Crippen LogP contribution in [0.1, 0.15) is 17.5 Å². The molecule has 10 heteroatoms. The summed E-state index contributed by atoms with van der Waals surface area (Å²) in [7, 11) is -7.55. The van der Waals surface area contributed by atoms with Gasteiger partial charge in [-0.05, 0) is 62.4 Å². The minimum Gasteiger partial charge on any atom is -0.491 e. The van der Waals surface area contributed by atoms with Crippen molar-refractivity contribution in [2.45, 2.75) is 30.1 Å². The van der Waals surface area contributed by atoms with Gasteiger partial charge in [-0.25, -0.2) is 16.8 Å². The summed E-state index contributed by atoms with van der Waals surface area (Å²) in [6.45, 7) is 4.28. The second kappa shape index (κ2) is 12.2. The van der Waals surface area contributed by atoms with Crippen LogP contribution in [-0.2, 0) is 20.0 Å². The minimum atomic E-state index is -3.78. The van der Waals surface area contributed by atoms with Crippen molar-refractivity contribution >= 4 is 31.4 Å². The van der Waals surface area contributed by atoms with Crippen molar-refractivity contribution in [1.82, 2.24) is 0 Å². The van der Waals surface area contributed by atoms with Gasteiger partial charge in [-0.2, -0.15) is 0 Å². The molecule has 0 aliphatic heterocycles. The van der Waals surface area contributed by atoms with Crippen molar-refractivity contribution in [2.24, 2.45) is 0 Å². The lowest BCUT2D eigenvalue weighted by molar-refractivity contribution is 0.249. The van der Waals surface area contributed by atoms with E-state index in [1.165, 1.54) is 0 Å². The van der Waals surface area contributed by atoms with Crippen LogP contribution in [-0.4, -0.2) is 30.0 Å². The van der Waals surface area contributed by atoms with E-state index in [2.05, 4.69) is 9.44 Å². The molecule has 0 spiro atoms. The molecular formula is C29H30N2O6S2. The lowest BCUT2D eigenvalue weighted by Gasteiger charge is -2.15. The van der Waals surface area contributed by atoms with E-state index in [-0.39, 0.29) is 23.0 Å². The molecule has 0 fully saturated rings. The number of ether oxygens (including phenoxy) is 2. The SMILES string of the molecule is Cc1ccc(S(=O)(=O)Nc2ccccc2OCCCOc2ccccc2NS(=O)(=O)c2ccc(C)cc2)cc1. The zero-order chi connectivity index (χ0) is 27.9. The Labute approximate surface area is 229 Å². The molecule has 204 valence electrons. The predicted octanol–water partition coefficient (Wildman–Crippen LogP) is 5.75. The first kappa shape index (κ1) is 28.0. The van der Waals surface area contributed by atoms with E-state index in [0.717, 1.165) is 11.1 Å². The Morgan fingerprint density at radius 2 is 0.897 bits per heavy atom. The molecule has 0 amide bonds. The van der Waals surface area contributed by atoms with E-state index >= 15 is 0 Å². The van der Waals surface area contributed by atoms with Crippen LogP contribution in [0.2, 0.25) is 0 Å². The Balaban J connectivity index is 1.33. The summed E-state index contributed by atoms with van der Waals surface area (Å²) in [5.74, 6) is 0.777. The maximum Gasteiger partial charge on any atom is 0.262 e. The number of nitrogens with one attached hydrogen (secondary N) is 2. The van der Waals surface area contributed by atoms with Gasteiger partial charge in [0.25, 0.3) is 20.0 Å². The molecule has 0 radical (unpaired) electrons. The molecule has 4 aromatic rings. The fraction of sp³-hybridized carbons (Fsp3) is 0.172. The van der Waals surface area contributed by atoms with Crippen molar-refractivity contribution in [2.75, 3.05) is 22.7 Å². The van der Waals surface area contributed by atoms with E-state index in [1.807, 2.05) is 13.8 Å². The van der Waals surface area contributed by atoms with Crippen LogP contribution in [0.25, 0.3) is 0 Å². The maximum atomic E-state index is 12.8. The third-order valence-electron chi connectivity index (χ3n) is 5.73. The second-order valence-corrected chi connectivity index (χ2v) is 12.2. The summed E-state index contributed by atoms with van der Waals surface area (Å²) in [4.78, 5) is 0.320. The average molecular weight is 567 g/mol. The summed E-state index contributed by atoms with van der Waals surface area (Å²) in [6.07, 6.45) is 0.470. The molecule has 0 atom stereocenters. The summed E-state index contributed by atoms with van der Waals surface area (Å²) in [6, 6.07) is 26.7. The van der Waals surface area contributed by atoms with Crippen molar-refractivity contribution in [3.8, 4) is 11.5 Å². The molecule has 0 heterocycles. The smallest absolute Gasteiger partial charge is 0.262 e. The fourth-order valence-electron chi connectivity index (χ4n) is 3.62. The first-order valence-electron chi connectivity index (χ1n) is 12.3. The van der Waals surface area contributed by atoms with E-state index in [0.29, 0.717) is 29.3 Å². The van der Waals surface area contributed by atoms with Crippen LogP contribution in [0, 0.1) is 13.8 Å². The molecule has 0 saturated heterocycles. The van der Waals surface area contributed by atoms with Crippen LogP contribution in [0.5, 0.6) is 11.5 Å². The van der Waals surface area contributed by atoms with Crippen LogP contribution in [0.15, 0.2) is 107 Å². The highest BCUT2D eigenvalue weighted by molar-refractivity contribution is 7.93. The Morgan fingerprint density at radius 3 is 1.28 bits per heavy atom. The topological polar surface area (TPSA) is 111 Å². The quantitative estimate of drug-likeness (QED) is 0.211. The molecule has 8 nitrogen and oxygen atoms in total. The van der Waals surface area contributed by atoms with Crippen molar-refractivity contribution in [3.63, 3.8) is 0 Å². The lowest BCUT2D eigenvalue weighted by atomic mass is 10.2. The van der Waals surface area contributed by atoms with Crippen molar-refractivity contribution in [3.05, 3.63) is 108 Å². The third-order valence-corrected chi connectivity index (χ3v) is 8.49. The van der Waals surface area contributed by atoms with Gasteiger partial charge in [0.1, 0.15) is 11.5 Å². The Kier molecular flexibility index (Phi) is 8.78. The zero-order valence-electron chi connectivity index (χ0n) is 21.6. The predicted molar refractivity (Wildman–Crippen MR) is 152 cm³/mol. The Morgan fingerprint density at radius 1 is 0.538 bits per heavy atom. The molecule has 0 unspecified atom stereocenters. The highest BCUT2D eigenvalue weighted by atomic mass is 32.2. The highest BCUT2D eigenvalue weighted by Gasteiger charge is 2.17. The van der Waals surface area contributed by atoms with Gasteiger partial charge in [-0.15, -0.1) is 0 Å². The third kappa shape index (κ3) is 7.52. The molecule has 2 N–H and O–H groups in total. The van der Waals surface area contributed by atoms with Gasteiger partial charge in [0.15, 0.2) is 0 Å². The average Bonchev–Trinajstić information content (AvgIpc) is 2.90. The van der Waals surface area contributed by atoms with Gasteiger partial charge < -0.3 is 9.47 Å². The first-order chi connectivity index (χ1) is 18.6. The molecular weight excluding hydrogens is 536 g/mol. The molecule has 0 bridgehead atoms. The number of aryl methyl sites for hydroxylation is 2. The largest absolute Gasteiger partial charge is 0.491 e. The summed E-state index contributed by atoms with van der Waals surface area (Å²) in [5.41, 5.74) is 2.59. The molecule has 0 aliphatic carbocycles. The van der Waals surface area contributed by atoms with Crippen LogP contribution >= 0.6 is 0 Å². The van der Waals surface area contributed by atoms with Gasteiger partial charge in [0.05, 0.1) is 34.4 Å². The van der Waals surface area contributed by atoms with Gasteiger partial charge >= 0.3 is 0 Å². The van der Waals surface area contributed by atoms with E-state index in [1.54, 1.807) is 97.1 Å². The van der Waals surface area contributed by atoms with E-state index < -0.39 is 20.0 Å². The molecule has 39 heavy (non-hydrogen) atoms. The highest BCUT2D eigenvalue weighted by Crippen LogP contribution is 2.28. The Hall–Kier alpha value is -4.02. The molecule has 0 aliphatic rings. The molecule has 4 rings (SSSR count). The normalized spacial score (nSPS) is 11.5. The number of hydrogen-bond donors (Lipinski definition) is 2. The molecule has 4 aromatic carbocycles. The summed E-state index contributed by atoms with van der Waals surface area (Å²) >= 11 is 0. The first-order valence-corrected chi connectivity index (χ1v) is 15.2. The number of benzene rings is 4. The van der Waals surface area contributed by atoms with Crippen LogP contribution < -0.4 is 18.9 Å².